The van der Waals surface area contributed by atoms with E-state index >= 15 is 0 Å². The van der Waals surface area contributed by atoms with E-state index in [0.29, 0.717) is 11.8 Å². The predicted octanol–water partition coefficient (Wildman–Crippen LogP) is 5.82. The number of aliphatic imine (C=N–C) groups is 1. The zero-order valence-electron chi connectivity index (χ0n) is 17.5. The van der Waals surface area contributed by atoms with Crippen LogP contribution in [0.5, 0.6) is 0 Å². The molecule has 0 aliphatic carbocycles. The van der Waals surface area contributed by atoms with Gasteiger partial charge in [-0.2, -0.15) is 0 Å². The molecule has 4 heteroatoms. The quantitative estimate of drug-likeness (QED) is 0.464. The van der Waals surface area contributed by atoms with Gasteiger partial charge in [0.15, 0.2) is 8.32 Å². The maximum atomic E-state index is 6.78. The van der Waals surface area contributed by atoms with Gasteiger partial charge in [-0.15, -0.1) is 0 Å². The van der Waals surface area contributed by atoms with Crippen molar-refractivity contribution in [1.82, 2.24) is 0 Å². The largest absolute Gasteiger partial charge is 0.467 e. The number of hydrogen-bond acceptors (Lipinski definition) is 3. The third-order valence-corrected chi connectivity index (χ3v) is 9.91. The number of nitrogens with zero attached hydrogens (tertiary/aromatic N) is 1. The summed E-state index contributed by atoms with van der Waals surface area (Å²) in [6, 6.07) is 10.2. The Morgan fingerprint density at radius 3 is 2.35 bits per heavy atom. The zero-order valence-corrected chi connectivity index (χ0v) is 18.5. The van der Waals surface area contributed by atoms with Crippen LogP contribution in [0.1, 0.15) is 46.6 Å². The summed E-state index contributed by atoms with van der Waals surface area (Å²) in [7, 11) is -1.94. The van der Waals surface area contributed by atoms with E-state index in [1.807, 2.05) is 36.4 Å². The Kier molecular flexibility index (Phi) is 6.51. The van der Waals surface area contributed by atoms with Gasteiger partial charge in [-0.1, -0.05) is 59.4 Å². The number of benzene rings is 1. The molecule has 0 spiro atoms. The highest BCUT2D eigenvalue weighted by Gasteiger charge is 2.45. The van der Waals surface area contributed by atoms with Crippen LogP contribution in [0.3, 0.4) is 0 Å². The average molecular weight is 374 g/mol. The van der Waals surface area contributed by atoms with E-state index in [4.69, 9.17) is 14.2 Å². The van der Waals surface area contributed by atoms with Crippen molar-refractivity contribution in [2.75, 3.05) is 0 Å². The van der Waals surface area contributed by atoms with Gasteiger partial charge in [0.2, 0.25) is 5.90 Å². The third kappa shape index (κ3) is 4.86. The van der Waals surface area contributed by atoms with Gasteiger partial charge in [0.05, 0.1) is 6.04 Å². The van der Waals surface area contributed by atoms with Gasteiger partial charge in [0, 0.05) is 5.56 Å². The molecule has 0 amide bonds. The second kappa shape index (κ2) is 8.09. The molecule has 1 aromatic rings. The summed E-state index contributed by atoms with van der Waals surface area (Å²) in [5, 5.41) is 0.143. The summed E-state index contributed by atoms with van der Waals surface area (Å²) in [5.74, 6) is 1.24. The van der Waals surface area contributed by atoms with Crippen LogP contribution < -0.4 is 0 Å². The zero-order chi connectivity index (χ0) is 19.5. The summed E-state index contributed by atoms with van der Waals surface area (Å²) >= 11 is 0. The molecular weight excluding hydrogens is 338 g/mol. The molecule has 0 aromatic heterocycles. The maximum absolute atomic E-state index is 6.78. The maximum Gasteiger partial charge on any atom is 0.217 e. The van der Waals surface area contributed by atoms with E-state index in [0.717, 1.165) is 12.0 Å². The standard InChI is InChI=1S/C22H35NO2Si/c1-9-19-20(25-26(7,8)22(4,5)6)18(15-16(2)3)23-21(24-19)17-13-11-10-12-14-17/h9-14,16,18-20H,1,15H2,2-8H3/t18-,19-,20+/m0/s1. The minimum absolute atomic E-state index is 0.0797. The fourth-order valence-electron chi connectivity index (χ4n) is 2.91. The molecule has 0 radical (unpaired) electrons. The Bertz CT molecular complexity index is 631. The van der Waals surface area contributed by atoms with Crippen LogP contribution in [0, 0.1) is 5.92 Å². The smallest absolute Gasteiger partial charge is 0.217 e. The second-order valence-electron chi connectivity index (χ2n) is 9.16. The van der Waals surface area contributed by atoms with E-state index in [1.54, 1.807) is 0 Å². The van der Waals surface area contributed by atoms with Crippen LogP contribution in [0.15, 0.2) is 48.0 Å². The first-order valence-corrected chi connectivity index (χ1v) is 12.6. The van der Waals surface area contributed by atoms with Gasteiger partial charge in [-0.25, -0.2) is 4.99 Å². The molecule has 0 fully saturated rings. The van der Waals surface area contributed by atoms with Crippen LogP contribution in [0.2, 0.25) is 18.1 Å². The van der Waals surface area contributed by atoms with E-state index in [1.165, 1.54) is 0 Å². The molecule has 0 saturated heterocycles. The Hall–Kier alpha value is -1.39. The molecule has 1 aliphatic heterocycles. The molecular formula is C22H35NO2Si. The lowest BCUT2D eigenvalue weighted by Crippen LogP contribution is -2.53. The lowest BCUT2D eigenvalue weighted by molar-refractivity contribution is 0.0279. The second-order valence-corrected chi connectivity index (χ2v) is 13.9. The van der Waals surface area contributed by atoms with Gasteiger partial charge in [-0.05, 0) is 48.7 Å². The van der Waals surface area contributed by atoms with E-state index < -0.39 is 8.32 Å². The monoisotopic (exact) mass is 373 g/mol. The average Bonchev–Trinajstić information content (AvgIpc) is 2.55. The van der Waals surface area contributed by atoms with E-state index in [-0.39, 0.29) is 23.3 Å². The SMILES string of the molecule is C=C[C@@H]1OC(c2ccccc2)=N[C@@H](CC(C)C)[C@H]1O[Si](C)(C)C(C)(C)C. The molecule has 2 rings (SSSR count). The molecule has 144 valence electrons. The van der Waals surface area contributed by atoms with E-state index in [9.17, 15) is 0 Å². The minimum atomic E-state index is -1.94. The van der Waals surface area contributed by atoms with Gasteiger partial charge in [0.1, 0.15) is 12.2 Å². The first-order chi connectivity index (χ1) is 12.0. The highest BCUT2D eigenvalue weighted by molar-refractivity contribution is 6.74. The van der Waals surface area contributed by atoms with E-state index in [2.05, 4.69) is 54.3 Å². The fourth-order valence-corrected chi connectivity index (χ4v) is 4.23. The minimum Gasteiger partial charge on any atom is -0.467 e. The van der Waals surface area contributed by atoms with Gasteiger partial charge < -0.3 is 9.16 Å². The van der Waals surface area contributed by atoms with Gasteiger partial charge in [-0.3, -0.25) is 0 Å². The number of ether oxygens (including phenoxy) is 1. The summed E-state index contributed by atoms with van der Waals surface area (Å²) < 4.78 is 13.0. The van der Waals surface area contributed by atoms with Crippen molar-refractivity contribution in [1.29, 1.82) is 0 Å². The van der Waals surface area contributed by atoms with Crippen LogP contribution in [-0.2, 0) is 9.16 Å². The normalized spacial score (nSPS) is 24.2. The Morgan fingerprint density at radius 2 is 1.85 bits per heavy atom. The Balaban J connectivity index is 2.39. The lowest BCUT2D eigenvalue weighted by atomic mass is 9.95. The number of rotatable bonds is 6. The van der Waals surface area contributed by atoms with Crippen molar-refractivity contribution < 1.29 is 9.16 Å². The molecule has 0 unspecified atom stereocenters. The lowest BCUT2D eigenvalue weighted by Gasteiger charge is -2.44. The molecule has 3 atom stereocenters. The molecule has 0 saturated carbocycles. The fraction of sp³-hybridized carbons (Fsp3) is 0.591. The number of hydrogen-bond donors (Lipinski definition) is 0. The molecule has 1 heterocycles. The van der Waals surface area contributed by atoms with Crippen LogP contribution in [-0.4, -0.2) is 32.5 Å². The molecule has 3 nitrogen and oxygen atoms in total. The van der Waals surface area contributed by atoms with Crippen molar-refractivity contribution in [2.45, 2.75) is 77.4 Å². The highest BCUT2D eigenvalue weighted by Crippen LogP contribution is 2.39. The topological polar surface area (TPSA) is 30.8 Å². The first kappa shape index (κ1) is 20.9. The van der Waals surface area contributed by atoms with Crippen molar-refractivity contribution in [3.8, 4) is 0 Å². The first-order valence-electron chi connectivity index (χ1n) is 9.65. The highest BCUT2D eigenvalue weighted by atomic mass is 28.4. The van der Waals surface area contributed by atoms with Crippen molar-refractivity contribution >= 4 is 14.2 Å². The Labute approximate surface area is 160 Å². The van der Waals surface area contributed by atoms with Crippen LogP contribution >= 0.6 is 0 Å². The van der Waals surface area contributed by atoms with Gasteiger partial charge in [0.25, 0.3) is 0 Å². The Morgan fingerprint density at radius 1 is 1.23 bits per heavy atom. The van der Waals surface area contributed by atoms with Crippen molar-refractivity contribution in [3.63, 3.8) is 0 Å². The van der Waals surface area contributed by atoms with Gasteiger partial charge >= 0.3 is 0 Å². The molecule has 0 bridgehead atoms. The summed E-state index contributed by atoms with van der Waals surface area (Å²) in [6.07, 6.45) is 2.59. The molecule has 1 aromatic carbocycles. The van der Waals surface area contributed by atoms with Crippen LogP contribution in [0.25, 0.3) is 0 Å². The van der Waals surface area contributed by atoms with Crippen molar-refractivity contribution in [3.05, 3.63) is 48.6 Å². The molecule has 26 heavy (non-hydrogen) atoms. The molecule has 1 aliphatic rings. The van der Waals surface area contributed by atoms with Crippen molar-refractivity contribution in [2.24, 2.45) is 10.9 Å². The van der Waals surface area contributed by atoms with Crippen LogP contribution in [0.4, 0.5) is 0 Å². The third-order valence-electron chi connectivity index (χ3n) is 5.44. The summed E-state index contributed by atoms with van der Waals surface area (Å²) in [4.78, 5) is 4.98. The predicted molar refractivity (Wildman–Crippen MR) is 113 cm³/mol. The molecule has 0 N–H and O–H groups in total. The summed E-state index contributed by atoms with van der Waals surface area (Å²) in [6.45, 7) is 19.9. The summed E-state index contributed by atoms with van der Waals surface area (Å²) in [5.41, 5.74) is 1.01.